The van der Waals surface area contributed by atoms with Gasteiger partial charge in [-0.05, 0) is 37.5 Å². The van der Waals surface area contributed by atoms with Crippen LogP contribution < -0.4 is 10.6 Å². The Morgan fingerprint density at radius 1 is 1.25 bits per heavy atom. The number of hydrogen-bond acceptors (Lipinski definition) is 5. The zero-order valence-electron chi connectivity index (χ0n) is 14.6. The van der Waals surface area contributed by atoms with Crippen LogP contribution in [0.1, 0.15) is 34.2 Å². The second-order valence-electron chi connectivity index (χ2n) is 5.55. The van der Waals surface area contributed by atoms with E-state index in [2.05, 4.69) is 33.6 Å². The molecule has 0 unspecified atom stereocenters. The van der Waals surface area contributed by atoms with Crippen LogP contribution in [0.5, 0.6) is 0 Å². The van der Waals surface area contributed by atoms with E-state index in [9.17, 15) is 4.79 Å². The molecule has 1 aromatic carbocycles. The Bertz CT molecular complexity index is 716. The standard InChI is InChI=1S/C18H24N4O2/c1-5-14-8-6-7-12(2)16(14)22-18-20-13(3)11-15(21-18)17(23)19-9-10-24-4/h6-8,11H,5,9-10H2,1-4H3,(H,19,23)(H,20,21,22). The lowest BCUT2D eigenvalue weighted by molar-refractivity contribution is 0.0932. The average molecular weight is 328 g/mol. The lowest BCUT2D eigenvalue weighted by Gasteiger charge is -2.14. The first-order valence-electron chi connectivity index (χ1n) is 8.03. The molecule has 1 heterocycles. The number of carbonyl (C=O) groups is 1. The van der Waals surface area contributed by atoms with Gasteiger partial charge in [0.1, 0.15) is 5.69 Å². The molecule has 0 aliphatic rings. The van der Waals surface area contributed by atoms with Crippen LogP contribution in [-0.2, 0) is 11.2 Å². The van der Waals surface area contributed by atoms with Crippen LogP contribution in [0, 0.1) is 13.8 Å². The summed E-state index contributed by atoms with van der Waals surface area (Å²) < 4.78 is 4.93. The number of nitrogens with zero attached hydrogens (tertiary/aromatic N) is 2. The lowest BCUT2D eigenvalue weighted by atomic mass is 10.1. The molecule has 0 fully saturated rings. The van der Waals surface area contributed by atoms with Gasteiger partial charge in [0.15, 0.2) is 0 Å². The third kappa shape index (κ3) is 4.52. The van der Waals surface area contributed by atoms with Crippen LogP contribution >= 0.6 is 0 Å². The smallest absolute Gasteiger partial charge is 0.270 e. The Morgan fingerprint density at radius 3 is 2.75 bits per heavy atom. The molecule has 128 valence electrons. The highest BCUT2D eigenvalue weighted by Crippen LogP contribution is 2.24. The van der Waals surface area contributed by atoms with Gasteiger partial charge in [0, 0.05) is 25.0 Å². The highest BCUT2D eigenvalue weighted by molar-refractivity contribution is 5.92. The Labute approximate surface area is 142 Å². The van der Waals surface area contributed by atoms with Gasteiger partial charge in [-0.3, -0.25) is 4.79 Å². The quantitative estimate of drug-likeness (QED) is 0.764. The van der Waals surface area contributed by atoms with Crippen LogP contribution in [0.25, 0.3) is 0 Å². The van der Waals surface area contributed by atoms with Crippen molar-refractivity contribution in [2.75, 3.05) is 25.6 Å². The van der Waals surface area contributed by atoms with E-state index in [1.807, 2.05) is 26.0 Å². The number of methoxy groups -OCH3 is 1. The number of carbonyl (C=O) groups excluding carboxylic acids is 1. The fourth-order valence-corrected chi connectivity index (χ4v) is 2.41. The van der Waals surface area contributed by atoms with Crippen LogP contribution in [0.3, 0.4) is 0 Å². The molecule has 0 bridgehead atoms. The number of aromatic nitrogens is 2. The highest BCUT2D eigenvalue weighted by atomic mass is 16.5. The fourth-order valence-electron chi connectivity index (χ4n) is 2.41. The van der Waals surface area contributed by atoms with Crippen molar-refractivity contribution >= 4 is 17.5 Å². The number of aryl methyl sites for hydroxylation is 3. The summed E-state index contributed by atoms with van der Waals surface area (Å²) in [5.41, 5.74) is 4.37. The van der Waals surface area contributed by atoms with E-state index < -0.39 is 0 Å². The predicted molar refractivity (Wildman–Crippen MR) is 94.8 cm³/mol. The van der Waals surface area contributed by atoms with Gasteiger partial charge in [-0.2, -0.15) is 0 Å². The lowest BCUT2D eigenvalue weighted by Crippen LogP contribution is -2.28. The second-order valence-corrected chi connectivity index (χ2v) is 5.55. The third-order valence-electron chi connectivity index (χ3n) is 3.66. The minimum Gasteiger partial charge on any atom is -0.383 e. The summed E-state index contributed by atoms with van der Waals surface area (Å²) in [7, 11) is 1.59. The zero-order chi connectivity index (χ0) is 17.5. The van der Waals surface area contributed by atoms with Crippen molar-refractivity contribution in [2.45, 2.75) is 27.2 Å². The molecule has 0 radical (unpaired) electrons. The monoisotopic (exact) mass is 328 g/mol. The summed E-state index contributed by atoms with van der Waals surface area (Å²) in [6.45, 7) is 6.89. The van der Waals surface area contributed by atoms with E-state index in [0.29, 0.717) is 24.8 Å². The molecule has 0 aliphatic heterocycles. The normalized spacial score (nSPS) is 10.5. The van der Waals surface area contributed by atoms with Crippen molar-refractivity contribution in [2.24, 2.45) is 0 Å². The Hall–Kier alpha value is -2.47. The number of anilines is 2. The predicted octanol–water partition coefficient (Wildman–Crippen LogP) is 2.78. The van der Waals surface area contributed by atoms with E-state index in [4.69, 9.17) is 4.74 Å². The number of hydrogen-bond donors (Lipinski definition) is 2. The van der Waals surface area contributed by atoms with Gasteiger partial charge in [-0.25, -0.2) is 9.97 Å². The molecular weight excluding hydrogens is 304 g/mol. The van der Waals surface area contributed by atoms with Gasteiger partial charge in [-0.15, -0.1) is 0 Å². The van der Waals surface area contributed by atoms with E-state index in [1.54, 1.807) is 13.2 Å². The van der Waals surface area contributed by atoms with E-state index >= 15 is 0 Å². The van der Waals surface area contributed by atoms with Crippen molar-refractivity contribution in [1.29, 1.82) is 0 Å². The maximum Gasteiger partial charge on any atom is 0.270 e. The molecule has 0 aliphatic carbocycles. The summed E-state index contributed by atoms with van der Waals surface area (Å²) in [6.07, 6.45) is 0.903. The van der Waals surface area contributed by atoms with Gasteiger partial charge >= 0.3 is 0 Å². The first-order valence-corrected chi connectivity index (χ1v) is 8.03. The number of benzene rings is 1. The number of ether oxygens (including phenoxy) is 1. The molecule has 1 amide bonds. The average Bonchev–Trinajstić information content (AvgIpc) is 2.56. The SMILES string of the molecule is CCc1cccc(C)c1Nc1nc(C)cc(C(=O)NCCOC)n1. The topological polar surface area (TPSA) is 76.1 Å². The molecule has 2 rings (SSSR count). The van der Waals surface area contributed by atoms with Crippen molar-refractivity contribution < 1.29 is 9.53 Å². The van der Waals surface area contributed by atoms with Gasteiger partial charge < -0.3 is 15.4 Å². The molecule has 24 heavy (non-hydrogen) atoms. The summed E-state index contributed by atoms with van der Waals surface area (Å²) in [5.74, 6) is 0.192. The first-order chi connectivity index (χ1) is 11.5. The Kier molecular flexibility index (Phi) is 6.26. The van der Waals surface area contributed by atoms with Crippen LogP contribution in [-0.4, -0.2) is 36.1 Å². The van der Waals surface area contributed by atoms with Crippen molar-refractivity contribution in [1.82, 2.24) is 15.3 Å². The maximum absolute atomic E-state index is 12.2. The number of nitrogens with one attached hydrogen (secondary N) is 2. The van der Waals surface area contributed by atoms with Gasteiger partial charge in [-0.1, -0.05) is 25.1 Å². The second kappa shape index (κ2) is 8.40. The Balaban J connectivity index is 2.24. The molecule has 0 saturated heterocycles. The van der Waals surface area contributed by atoms with Crippen molar-refractivity contribution in [3.8, 4) is 0 Å². The maximum atomic E-state index is 12.2. The first kappa shape index (κ1) is 17.9. The van der Waals surface area contributed by atoms with Gasteiger partial charge in [0.05, 0.1) is 6.61 Å². The molecule has 2 N–H and O–H groups in total. The van der Waals surface area contributed by atoms with Crippen LogP contribution in [0.2, 0.25) is 0 Å². The van der Waals surface area contributed by atoms with Crippen molar-refractivity contribution in [3.05, 3.63) is 46.8 Å². The zero-order valence-corrected chi connectivity index (χ0v) is 14.6. The molecule has 6 heteroatoms. The fraction of sp³-hybridized carbons (Fsp3) is 0.389. The summed E-state index contributed by atoms with van der Waals surface area (Å²) in [6, 6.07) is 7.82. The number of para-hydroxylation sites is 1. The van der Waals surface area contributed by atoms with Gasteiger partial charge in [0.25, 0.3) is 5.91 Å². The van der Waals surface area contributed by atoms with E-state index in [-0.39, 0.29) is 5.91 Å². The highest BCUT2D eigenvalue weighted by Gasteiger charge is 2.12. The minimum absolute atomic E-state index is 0.235. The largest absolute Gasteiger partial charge is 0.383 e. The molecule has 1 aromatic heterocycles. The van der Waals surface area contributed by atoms with Crippen LogP contribution in [0.15, 0.2) is 24.3 Å². The summed E-state index contributed by atoms with van der Waals surface area (Å²) >= 11 is 0. The molecule has 0 atom stereocenters. The summed E-state index contributed by atoms with van der Waals surface area (Å²) in [5, 5.41) is 6.04. The van der Waals surface area contributed by atoms with Crippen LogP contribution in [0.4, 0.5) is 11.6 Å². The molecule has 0 saturated carbocycles. The van der Waals surface area contributed by atoms with Crippen molar-refractivity contribution in [3.63, 3.8) is 0 Å². The number of amides is 1. The third-order valence-corrected chi connectivity index (χ3v) is 3.66. The minimum atomic E-state index is -0.235. The molecule has 2 aromatic rings. The van der Waals surface area contributed by atoms with E-state index in [1.165, 1.54) is 5.56 Å². The van der Waals surface area contributed by atoms with Gasteiger partial charge in [0.2, 0.25) is 5.95 Å². The molecule has 0 spiro atoms. The Morgan fingerprint density at radius 2 is 2.04 bits per heavy atom. The number of rotatable bonds is 7. The molecule has 6 nitrogen and oxygen atoms in total. The van der Waals surface area contributed by atoms with E-state index in [0.717, 1.165) is 23.4 Å². The molecular formula is C18H24N4O2. The summed E-state index contributed by atoms with van der Waals surface area (Å²) in [4.78, 5) is 20.9.